The molecular formula is C16H28N2O2S. The number of nitrogens with one attached hydrogen (secondary N) is 1. The van der Waals surface area contributed by atoms with Crippen LogP contribution in [0.15, 0.2) is 23.1 Å². The van der Waals surface area contributed by atoms with Gasteiger partial charge in [0.1, 0.15) is 0 Å². The van der Waals surface area contributed by atoms with Crippen LogP contribution in [0.4, 0.5) is 0 Å². The summed E-state index contributed by atoms with van der Waals surface area (Å²) in [5.41, 5.74) is 7.18. The maximum atomic E-state index is 12.6. The quantitative estimate of drug-likeness (QED) is 0.813. The highest BCUT2D eigenvalue weighted by molar-refractivity contribution is 7.89. The van der Waals surface area contributed by atoms with Crippen molar-refractivity contribution < 1.29 is 8.42 Å². The van der Waals surface area contributed by atoms with Gasteiger partial charge in [0.2, 0.25) is 10.0 Å². The molecule has 4 nitrogen and oxygen atoms in total. The molecule has 1 aromatic carbocycles. The number of sulfonamides is 1. The molecule has 0 fully saturated rings. The molecule has 0 atom stereocenters. The van der Waals surface area contributed by atoms with E-state index in [-0.39, 0.29) is 5.41 Å². The molecule has 1 rings (SSSR count). The third kappa shape index (κ3) is 4.53. The lowest BCUT2D eigenvalue weighted by molar-refractivity contribution is 0.252. The van der Waals surface area contributed by atoms with Gasteiger partial charge in [-0.25, -0.2) is 13.1 Å². The lowest BCUT2D eigenvalue weighted by Gasteiger charge is -2.29. The Morgan fingerprint density at radius 3 is 2.38 bits per heavy atom. The lowest BCUT2D eigenvalue weighted by Crippen LogP contribution is -2.37. The Bertz CT molecular complexity index is 578. The van der Waals surface area contributed by atoms with E-state index in [0.717, 1.165) is 11.1 Å². The molecule has 0 saturated heterocycles. The van der Waals surface area contributed by atoms with Crippen LogP contribution in [0.5, 0.6) is 0 Å². The van der Waals surface area contributed by atoms with Gasteiger partial charge in [-0.3, -0.25) is 0 Å². The van der Waals surface area contributed by atoms with Crippen LogP contribution in [-0.2, 0) is 23.0 Å². The molecule has 0 saturated carbocycles. The number of aryl methyl sites for hydroxylation is 1. The molecule has 0 aliphatic heterocycles. The standard InChI is InChI=1S/C16H28N2O2S/c1-6-14-8-7-13(10-17)9-15(14)21(19,20)18-11-16(4,5)12(2)3/h7-9,12,18H,6,10-11,17H2,1-5H3. The highest BCUT2D eigenvalue weighted by Crippen LogP contribution is 2.26. The van der Waals surface area contributed by atoms with Gasteiger partial charge in [0.05, 0.1) is 4.90 Å². The SMILES string of the molecule is CCc1ccc(CN)cc1S(=O)(=O)NCC(C)(C)C(C)C. The van der Waals surface area contributed by atoms with Crippen molar-refractivity contribution >= 4 is 10.0 Å². The fourth-order valence-electron chi connectivity index (χ4n) is 1.83. The summed E-state index contributed by atoms with van der Waals surface area (Å²) in [6, 6.07) is 5.42. The maximum Gasteiger partial charge on any atom is 0.240 e. The van der Waals surface area contributed by atoms with E-state index < -0.39 is 10.0 Å². The maximum absolute atomic E-state index is 12.6. The molecule has 0 unspecified atom stereocenters. The zero-order valence-electron chi connectivity index (χ0n) is 13.7. The van der Waals surface area contributed by atoms with Gasteiger partial charge in [0.25, 0.3) is 0 Å². The first-order chi connectivity index (χ1) is 9.64. The molecular weight excluding hydrogens is 284 g/mol. The van der Waals surface area contributed by atoms with Crippen LogP contribution >= 0.6 is 0 Å². The van der Waals surface area contributed by atoms with Gasteiger partial charge < -0.3 is 5.73 Å². The summed E-state index contributed by atoms with van der Waals surface area (Å²) in [4.78, 5) is 0.354. The van der Waals surface area contributed by atoms with Crippen LogP contribution < -0.4 is 10.5 Å². The van der Waals surface area contributed by atoms with Gasteiger partial charge >= 0.3 is 0 Å². The Labute approximate surface area is 129 Å². The second-order valence-electron chi connectivity index (χ2n) is 6.47. The molecule has 0 heterocycles. The Morgan fingerprint density at radius 1 is 1.29 bits per heavy atom. The number of rotatable bonds is 7. The molecule has 0 spiro atoms. The van der Waals surface area contributed by atoms with E-state index in [2.05, 4.69) is 32.4 Å². The molecule has 1 aromatic rings. The van der Waals surface area contributed by atoms with Crippen molar-refractivity contribution in [3.63, 3.8) is 0 Å². The van der Waals surface area contributed by atoms with Gasteiger partial charge in [-0.05, 0) is 34.9 Å². The van der Waals surface area contributed by atoms with Crippen LogP contribution in [0.3, 0.4) is 0 Å². The van der Waals surface area contributed by atoms with Crippen LogP contribution in [0.2, 0.25) is 0 Å². The Balaban J connectivity index is 3.08. The zero-order chi connectivity index (χ0) is 16.3. The van der Waals surface area contributed by atoms with Gasteiger partial charge in [-0.15, -0.1) is 0 Å². The van der Waals surface area contributed by atoms with Crippen molar-refractivity contribution in [1.29, 1.82) is 0 Å². The van der Waals surface area contributed by atoms with Crippen LogP contribution in [-0.4, -0.2) is 15.0 Å². The third-order valence-electron chi connectivity index (χ3n) is 4.32. The number of hydrogen-bond donors (Lipinski definition) is 2. The van der Waals surface area contributed by atoms with Crippen LogP contribution in [0.1, 0.15) is 45.7 Å². The summed E-state index contributed by atoms with van der Waals surface area (Å²) in [6.07, 6.45) is 0.675. The second-order valence-corrected chi connectivity index (χ2v) is 8.20. The lowest BCUT2D eigenvalue weighted by atomic mass is 9.81. The minimum absolute atomic E-state index is 0.0923. The van der Waals surface area contributed by atoms with Crippen molar-refractivity contribution in [1.82, 2.24) is 4.72 Å². The molecule has 120 valence electrons. The topological polar surface area (TPSA) is 72.2 Å². The van der Waals surface area contributed by atoms with Crippen molar-refractivity contribution in [2.24, 2.45) is 17.1 Å². The van der Waals surface area contributed by atoms with Gasteiger partial charge in [0.15, 0.2) is 0 Å². The third-order valence-corrected chi connectivity index (χ3v) is 5.80. The number of nitrogens with two attached hydrogens (primary N) is 1. The normalized spacial score (nSPS) is 12.9. The fourth-order valence-corrected chi connectivity index (χ4v) is 3.41. The van der Waals surface area contributed by atoms with E-state index in [9.17, 15) is 8.42 Å². The van der Waals surface area contributed by atoms with Crippen LogP contribution in [0, 0.1) is 11.3 Å². The molecule has 0 amide bonds. The van der Waals surface area contributed by atoms with Gasteiger partial charge in [-0.1, -0.05) is 46.8 Å². The minimum atomic E-state index is -3.51. The highest BCUT2D eigenvalue weighted by Gasteiger charge is 2.26. The van der Waals surface area contributed by atoms with Crippen molar-refractivity contribution in [3.8, 4) is 0 Å². The second kappa shape index (κ2) is 6.90. The van der Waals surface area contributed by atoms with Gasteiger partial charge in [0, 0.05) is 13.1 Å². The Hall–Kier alpha value is -0.910. The van der Waals surface area contributed by atoms with E-state index in [1.807, 2.05) is 19.1 Å². The Morgan fingerprint density at radius 2 is 1.90 bits per heavy atom. The first-order valence-corrected chi connectivity index (χ1v) is 8.94. The zero-order valence-corrected chi connectivity index (χ0v) is 14.5. The molecule has 5 heteroatoms. The summed E-state index contributed by atoms with van der Waals surface area (Å²) in [7, 11) is -3.51. The average molecular weight is 312 g/mol. The molecule has 0 aromatic heterocycles. The first-order valence-electron chi connectivity index (χ1n) is 7.45. The van der Waals surface area contributed by atoms with E-state index in [1.54, 1.807) is 6.07 Å². The smallest absolute Gasteiger partial charge is 0.240 e. The molecule has 0 radical (unpaired) electrons. The molecule has 0 bridgehead atoms. The van der Waals surface area contributed by atoms with Gasteiger partial charge in [-0.2, -0.15) is 0 Å². The van der Waals surface area contributed by atoms with E-state index >= 15 is 0 Å². The molecule has 0 aliphatic carbocycles. The number of benzene rings is 1. The average Bonchev–Trinajstić information content (AvgIpc) is 2.44. The summed E-state index contributed by atoms with van der Waals surface area (Å²) in [6.45, 7) is 11.0. The molecule has 0 aliphatic rings. The molecule has 3 N–H and O–H groups in total. The minimum Gasteiger partial charge on any atom is -0.326 e. The number of hydrogen-bond acceptors (Lipinski definition) is 3. The summed E-state index contributed by atoms with van der Waals surface area (Å²) >= 11 is 0. The Kier molecular flexibility index (Phi) is 5.96. The van der Waals surface area contributed by atoms with E-state index in [0.29, 0.717) is 30.3 Å². The highest BCUT2D eigenvalue weighted by atomic mass is 32.2. The van der Waals surface area contributed by atoms with E-state index in [1.165, 1.54) is 0 Å². The monoisotopic (exact) mass is 312 g/mol. The predicted octanol–water partition coefficient (Wildman–Crippen LogP) is 2.67. The van der Waals surface area contributed by atoms with Crippen molar-refractivity contribution in [2.45, 2.75) is 52.5 Å². The molecule has 21 heavy (non-hydrogen) atoms. The summed E-state index contributed by atoms with van der Waals surface area (Å²) < 4.78 is 27.9. The van der Waals surface area contributed by atoms with Crippen molar-refractivity contribution in [2.75, 3.05) is 6.54 Å². The van der Waals surface area contributed by atoms with Crippen LogP contribution in [0.25, 0.3) is 0 Å². The predicted molar refractivity (Wildman–Crippen MR) is 87.5 cm³/mol. The fraction of sp³-hybridized carbons (Fsp3) is 0.625. The van der Waals surface area contributed by atoms with Crippen molar-refractivity contribution in [3.05, 3.63) is 29.3 Å². The summed E-state index contributed by atoms with van der Waals surface area (Å²) in [5.74, 6) is 0.390. The summed E-state index contributed by atoms with van der Waals surface area (Å²) in [5, 5.41) is 0. The largest absolute Gasteiger partial charge is 0.326 e. The first kappa shape index (κ1) is 18.1. The van der Waals surface area contributed by atoms with E-state index in [4.69, 9.17) is 5.73 Å².